The van der Waals surface area contributed by atoms with Crippen molar-refractivity contribution in [3.05, 3.63) is 0 Å². The van der Waals surface area contributed by atoms with Gasteiger partial charge in [-0.3, -0.25) is 0 Å². The molecular weight excluding hydrogens is 148 g/mol. The third-order valence-corrected chi connectivity index (χ3v) is 2.07. The lowest BCUT2D eigenvalue weighted by Crippen LogP contribution is -2.21. The zero-order chi connectivity index (χ0) is 9.98. The summed E-state index contributed by atoms with van der Waals surface area (Å²) in [4.78, 5) is 0. The Hall–Kier alpha value is -0.0400. The van der Waals surface area contributed by atoms with Crippen LogP contribution in [-0.2, 0) is 0 Å². The summed E-state index contributed by atoms with van der Waals surface area (Å²) in [5, 5.41) is 9.18. The first kappa shape index (κ1) is 14.5. The van der Waals surface area contributed by atoms with E-state index in [4.69, 9.17) is 0 Å². The number of hydrogen-bond acceptors (Lipinski definition) is 1. The molecule has 0 aliphatic heterocycles. The number of aliphatic hydroxyl groups is 1. The molecule has 1 aliphatic carbocycles. The Kier molecular flexibility index (Phi) is 13.2. The Labute approximate surface area is 78.2 Å². The molecule has 0 heterocycles. The van der Waals surface area contributed by atoms with E-state index in [1.807, 2.05) is 27.7 Å². The van der Waals surface area contributed by atoms with Crippen molar-refractivity contribution in [3.8, 4) is 0 Å². The molecule has 1 saturated carbocycles. The van der Waals surface area contributed by atoms with Crippen molar-refractivity contribution in [1.29, 1.82) is 0 Å². The number of rotatable bonds is 0. The number of aliphatic hydroxyl groups excluding tert-OH is 1. The highest BCUT2D eigenvalue weighted by Gasteiger charge is 2.17. The molecule has 1 fully saturated rings. The lowest BCUT2D eigenvalue weighted by atomic mass is 9.88. The molecule has 0 aromatic carbocycles. The van der Waals surface area contributed by atoms with Gasteiger partial charge in [0.05, 0.1) is 6.10 Å². The summed E-state index contributed by atoms with van der Waals surface area (Å²) in [6.07, 6.45) is 4.80. The lowest BCUT2D eigenvalue weighted by molar-refractivity contribution is 0.0793. The van der Waals surface area contributed by atoms with E-state index in [0.717, 1.165) is 6.42 Å². The molecule has 0 amide bonds. The highest BCUT2D eigenvalue weighted by molar-refractivity contribution is 4.69. The zero-order valence-electron chi connectivity index (χ0n) is 9.43. The van der Waals surface area contributed by atoms with Crippen molar-refractivity contribution in [1.82, 2.24) is 0 Å². The van der Waals surface area contributed by atoms with Gasteiger partial charge in [-0.25, -0.2) is 0 Å². The van der Waals surface area contributed by atoms with Crippen LogP contribution in [0.3, 0.4) is 0 Å². The highest BCUT2D eigenvalue weighted by atomic mass is 16.3. The van der Waals surface area contributed by atoms with E-state index in [1.165, 1.54) is 19.3 Å². The standard InChI is InChI=1S/C7H14O.2C2H6/c1-6-4-2-3-5-7(6)8;2*1-2/h6-8H,2-5H2,1H3;2*1-2H3. The number of hydrogen-bond donors (Lipinski definition) is 1. The smallest absolute Gasteiger partial charge is 0.0565 e. The summed E-state index contributed by atoms with van der Waals surface area (Å²) < 4.78 is 0. The first-order valence-corrected chi connectivity index (χ1v) is 5.49. The Bertz CT molecular complexity index is 61.4. The van der Waals surface area contributed by atoms with Crippen LogP contribution in [0.2, 0.25) is 0 Å². The molecule has 1 rings (SSSR count). The SMILES string of the molecule is CC.CC.CC1CCCCC1O. The van der Waals surface area contributed by atoms with Crippen LogP contribution in [0.15, 0.2) is 0 Å². The van der Waals surface area contributed by atoms with Gasteiger partial charge >= 0.3 is 0 Å². The summed E-state index contributed by atoms with van der Waals surface area (Å²) in [6, 6.07) is 0. The molecule has 2 atom stereocenters. The first-order valence-electron chi connectivity index (χ1n) is 5.49. The minimum atomic E-state index is 0.00347. The van der Waals surface area contributed by atoms with Gasteiger partial charge in [-0.15, -0.1) is 0 Å². The third kappa shape index (κ3) is 6.66. The maximum atomic E-state index is 9.18. The average molecular weight is 174 g/mol. The van der Waals surface area contributed by atoms with Crippen molar-refractivity contribution in [2.75, 3.05) is 0 Å². The summed E-state index contributed by atoms with van der Waals surface area (Å²) >= 11 is 0. The molecule has 1 N–H and O–H groups in total. The van der Waals surface area contributed by atoms with Crippen molar-refractivity contribution in [2.45, 2.75) is 66.4 Å². The summed E-state index contributed by atoms with van der Waals surface area (Å²) in [5.41, 5.74) is 0. The minimum Gasteiger partial charge on any atom is -0.393 e. The van der Waals surface area contributed by atoms with Crippen molar-refractivity contribution >= 4 is 0 Å². The molecule has 1 heteroatoms. The van der Waals surface area contributed by atoms with E-state index in [1.54, 1.807) is 0 Å². The zero-order valence-corrected chi connectivity index (χ0v) is 9.43. The normalized spacial score (nSPS) is 27.5. The van der Waals surface area contributed by atoms with E-state index in [2.05, 4.69) is 6.92 Å². The molecule has 0 aromatic heterocycles. The lowest BCUT2D eigenvalue weighted by Gasteiger charge is -2.23. The highest BCUT2D eigenvalue weighted by Crippen LogP contribution is 2.22. The molecule has 1 nitrogen and oxygen atoms in total. The Morgan fingerprint density at radius 2 is 1.33 bits per heavy atom. The van der Waals surface area contributed by atoms with Gasteiger partial charge in [0, 0.05) is 0 Å². The molecule has 0 radical (unpaired) electrons. The molecule has 2 unspecified atom stereocenters. The first-order chi connectivity index (χ1) is 5.80. The molecule has 1 aliphatic rings. The van der Waals surface area contributed by atoms with Crippen LogP contribution < -0.4 is 0 Å². The summed E-state index contributed by atoms with van der Waals surface area (Å²) in [7, 11) is 0. The Morgan fingerprint density at radius 3 is 1.58 bits per heavy atom. The van der Waals surface area contributed by atoms with Gasteiger partial charge in [0.25, 0.3) is 0 Å². The molecule has 12 heavy (non-hydrogen) atoms. The monoisotopic (exact) mass is 174 g/mol. The average Bonchev–Trinajstić information content (AvgIpc) is 2.17. The summed E-state index contributed by atoms with van der Waals surface area (Å²) in [5.74, 6) is 0.559. The van der Waals surface area contributed by atoms with Gasteiger partial charge in [-0.2, -0.15) is 0 Å². The van der Waals surface area contributed by atoms with Gasteiger partial charge in [0.1, 0.15) is 0 Å². The van der Waals surface area contributed by atoms with Crippen LogP contribution >= 0.6 is 0 Å². The fourth-order valence-electron chi connectivity index (χ4n) is 1.30. The molecule has 0 aromatic rings. The molecule has 76 valence electrons. The van der Waals surface area contributed by atoms with Gasteiger partial charge in [0.2, 0.25) is 0 Å². The van der Waals surface area contributed by atoms with Crippen molar-refractivity contribution < 1.29 is 5.11 Å². The van der Waals surface area contributed by atoms with E-state index in [0.29, 0.717) is 5.92 Å². The van der Waals surface area contributed by atoms with Crippen LogP contribution in [0.4, 0.5) is 0 Å². The molecule has 0 bridgehead atoms. The van der Waals surface area contributed by atoms with Crippen LogP contribution in [0, 0.1) is 5.92 Å². The van der Waals surface area contributed by atoms with E-state index >= 15 is 0 Å². The fourth-order valence-corrected chi connectivity index (χ4v) is 1.30. The van der Waals surface area contributed by atoms with Crippen molar-refractivity contribution in [2.24, 2.45) is 5.92 Å². The minimum absolute atomic E-state index is 0.00347. The van der Waals surface area contributed by atoms with Crippen LogP contribution in [0.1, 0.15) is 60.3 Å². The Morgan fingerprint density at radius 1 is 0.917 bits per heavy atom. The van der Waals surface area contributed by atoms with Crippen LogP contribution in [0.25, 0.3) is 0 Å². The van der Waals surface area contributed by atoms with E-state index < -0.39 is 0 Å². The second kappa shape index (κ2) is 11.0. The largest absolute Gasteiger partial charge is 0.393 e. The Balaban J connectivity index is 0. The topological polar surface area (TPSA) is 20.2 Å². The maximum Gasteiger partial charge on any atom is 0.0565 e. The molecule has 0 spiro atoms. The predicted octanol–water partition coefficient (Wildman–Crippen LogP) is 3.61. The quantitative estimate of drug-likeness (QED) is 0.595. The third-order valence-electron chi connectivity index (χ3n) is 2.07. The van der Waals surface area contributed by atoms with E-state index in [-0.39, 0.29) is 6.10 Å². The van der Waals surface area contributed by atoms with Crippen molar-refractivity contribution in [3.63, 3.8) is 0 Å². The molecule has 0 saturated heterocycles. The summed E-state index contributed by atoms with van der Waals surface area (Å²) in [6.45, 7) is 10.1. The van der Waals surface area contributed by atoms with Gasteiger partial charge in [-0.1, -0.05) is 47.5 Å². The fraction of sp³-hybridized carbons (Fsp3) is 1.00. The van der Waals surface area contributed by atoms with Crippen LogP contribution in [0.5, 0.6) is 0 Å². The maximum absolute atomic E-state index is 9.18. The molecular formula is C11H26O. The second-order valence-electron chi connectivity index (χ2n) is 2.83. The van der Waals surface area contributed by atoms with Gasteiger partial charge in [0.15, 0.2) is 0 Å². The van der Waals surface area contributed by atoms with Gasteiger partial charge in [-0.05, 0) is 18.8 Å². The predicted molar refractivity (Wildman–Crippen MR) is 56.3 cm³/mol. The van der Waals surface area contributed by atoms with Gasteiger partial charge < -0.3 is 5.11 Å². The van der Waals surface area contributed by atoms with E-state index in [9.17, 15) is 5.11 Å². The second-order valence-corrected chi connectivity index (χ2v) is 2.83. The van der Waals surface area contributed by atoms with Crippen LogP contribution in [-0.4, -0.2) is 11.2 Å².